The van der Waals surface area contributed by atoms with Crippen LogP contribution in [0.5, 0.6) is 0 Å². The zero-order valence-corrected chi connectivity index (χ0v) is 17.0. The summed E-state index contributed by atoms with van der Waals surface area (Å²) in [4.78, 5) is 24.3. The summed E-state index contributed by atoms with van der Waals surface area (Å²) >= 11 is 1.93. The van der Waals surface area contributed by atoms with Crippen molar-refractivity contribution in [3.8, 4) is 0 Å². The molecule has 1 aliphatic heterocycles. The zero-order chi connectivity index (χ0) is 19.3. The number of nitrogens with zero attached hydrogens (tertiary/aromatic N) is 1. The van der Waals surface area contributed by atoms with Crippen molar-refractivity contribution in [1.82, 2.24) is 9.62 Å². The summed E-state index contributed by atoms with van der Waals surface area (Å²) in [6.45, 7) is 0.659. The lowest BCUT2D eigenvalue weighted by Crippen LogP contribution is -2.32. The van der Waals surface area contributed by atoms with E-state index in [0.717, 1.165) is 15.3 Å². The third-order valence-electron chi connectivity index (χ3n) is 5.01. The van der Waals surface area contributed by atoms with Gasteiger partial charge in [0.25, 0.3) is 15.9 Å². The quantitative estimate of drug-likeness (QED) is 0.666. The Morgan fingerprint density at radius 2 is 1.93 bits per heavy atom. The maximum Gasteiger partial charge on any atom is 0.269 e. The number of thioether (sulfide) groups is 1. The van der Waals surface area contributed by atoms with Gasteiger partial charge in [0.15, 0.2) is 0 Å². The molecule has 1 aromatic carbocycles. The number of hydrogen-bond donors (Lipinski definition) is 1. The van der Waals surface area contributed by atoms with Gasteiger partial charge in [-0.3, -0.25) is 9.59 Å². The fourth-order valence-corrected chi connectivity index (χ4v) is 6.40. The van der Waals surface area contributed by atoms with Crippen LogP contribution >= 0.6 is 11.8 Å². The highest BCUT2D eigenvalue weighted by atomic mass is 32.2. The summed E-state index contributed by atoms with van der Waals surface area (Å²) in [5.41, 5.74) is 0.210. The molecule has 0 spiro atoms. The van der Waals surface area contributed by atoms with E-state index in [1.54, 1.807) is 12.1 Å². The first-order valence-corrected chi connectivity index (χ1v) is 12.0. The fourth-order valence-electron chi connectivity index (χ4n) is 3.57. The highest BCUT2D eigenvalue weighted by Gasteiger charge is 2.40. The minimum atomic E-state index is -3.78. The van der Waals surface area contributed by atoms with Crippen LogP contribution < -0.4 is 5.32 Å². The standard InChI is InChI=1S/C19H26N2O4S2/c22-18(20-12-14-26-15-7-2-1-3-8-15)11-6-13-21-19(23)16-9-4-5-10-17(16)27(21,24)25/h4-5,9-10,15H,1-3,6-8,11-14H2,(H,20,22). The summed E-state index contributed by atoms with van der Waals surface area (Å²) < 4.78 is 25.7. The second kappa shape index (κ2) is 9.10. The lowest BCUT2D eigenvalue weighted by atomic mass is 10.0. The summed E-state index contributed by atoms with van der Waals surface area (Å²) in [5, 5.41) is 3.61. The van der Waals surface area contributed by atoms with Gasteiger partial charge in [-0.2, -0.15) is 11.8 Å². The second-order valence-corrected chi connectivity index (χ2v) is 10.2. The first-order chi connectivity index (χ1) is 13.0. The third-order valence-corrected chi connectivity index (χ3v) is 8.23. The smallest absolute Gasteiger partial charge is 0.269 e. The molecule has 27 heavy (non-hydrogen) atoms. The molecule has 0 saturated heterocycles. The molecule has 1 heterocycles. The maximum atomic E-state index is 12.4. The van der Waals surface area contributed by atoms with Gasteiger partial charge in [0.2, 0.25) is 5.91 Å². The predicted molar refractivity (Wildman–Crippen MR) is 106 cm³/mol. The third kappa shape index (κ3) is 4.85. The minimum Gasteiger partial charge on any atom is -0.355 e. The molecule has 1 N–H and O–H groups in total. The normalized spacial score (nSPS) is 19.1. The van der Waals surface area contributed by atoms with Gasteiger partial charge in [-0.1, -0.05) is 31.4 Å². The van der Waals surface area contributed by atoms with Gasteiger partial charge in [0.1, 0.15) is 4.90 Å². The van der Waals surface area contributed by atoms with Crippen molar-refractivity contribution in [2.45, 2.75) is 55.1 Å². The molecule has 3 rings (SSSR count). The maximum absolute atomic E-state index is 12.4. The molecule has 1 aliphatic carbocycles. The summed E-state index contributed by atoms with van der Waals surface area (Å²) in [6.07, 6.45) is 7.05. The highest BCUT2D eigenvalue weighted by Crippen LogP contribution is 2.30. The molecule has 0 unspecified atom stereocenters. The lowest BCUT2D eigenvalue weighted by molar-refractivity contribution is -0.121. The molecule has 1 aromatic rings. The molecule has 6 nitrogen and oxygen atoms in total. The molecule has 1 saturated carbocycles. The van der Waals surface area contributed by atoms with Crippen molar-refractivity contribution in [2.24, 2.45) is 0 Å². The average Bonchev–Trinajstić information content (AvgIpc) is 2.87. The van der Waals surface area contributed by atoms with Crippen LogP contribution in [0.1, 0.15) is 55.3 Å². The molecule has 0 bridgehead atoms. The number of fused-ring (bicyclic) bond motifs is 1. The van der Waals surface area contributed by atoms with Gasteiger partial charge in [-0.25, -0.2) is 12.7 Å². The SMILES string of the molecule is O=C(CCCN1C(=O)c2ccccc2S1(=O)=O)NCCSC1CCCCC1. The molecule has 2 amide bonds. The van der Waals surface area contributed by atoms with Crippen LogP contribution in [0.15, 0.2) is 29.2 Å². The Labute approximate surface area is 165 Å². The molecular formula is C19H26N2O4S2. The van der Waals surface area contributed by atoms with E-state index in [2.05, 4.69) is 5.32 Å². The van der Waals surface area contributed by atoms with Gasteiger partial charge in [-0.05, 0) is 31.4 Å². The first kappa shape index (κ1) is 20.2. The Morgan fingerprint density at radius 3 is 2.67 bits per heavy atom. The van der Waals surface area contributed by atoms with Crippen molar-refractivity contribution in [2.75, 3.05) is 18.8 Å². The molecular weight excluding hydrogens is 384 g/mol. The number of amides is 2. The van der Waals surface area contributed by atoms with Gasteiger partial charge < -0.3 is 5.32 Å². The summed E-state index contributed by atoms with van der Waals surface area (Å²) in [5.74, 6) is 0.306. The van der Waals surface area contributed by atoms with E-state index in [4.69, 9.17) is 0 Å². The van der Waals surface area contributed by atoms with Crippen molar-refractivity contribution in [1.29, 1.82) is 0 Å². The van der Waals surface area contributed by atoms with Crippen LogP contribution in [0.25, 0.3) is 0 Å². The molecule has 0 atom stereocenters. The minimum absolute atomic E-state index is 0.0279. The Balaban J connectivity index is 1.37. The van der Waals surface area contributed by atoms with E-state index >= 15 is 0 Å². The van der Waals surface area contributed by atoms with Crippen molar-refractivity contribution < 1.29 is 18.0 Å². The number of benzene rings is 1. The van der Waals surface area contributed by atoms with Crippen LogP contribution in [0.2, 0.25) is 0 Å². The van der Waals surface area contributed by atoms with Crippen molar-refractivity contribution in [3.05, 3.63) is 29.8 Å². The van der Waals surface area contributed by atoms with Gasteiger partial charge in [-0.15, -0.1) is 0 Å². The Kier molecular flexibility index (Phi) is 6.81. The molecule has 0 radical (unpaired) electrons. The Morgan fingerprint density at radius 1 is 1.19 bits per heavy atom. The number of carbonyl (C=O) groups is 2. The van der Waals surface area contributed by atoms with Crippen LogP contribution in [0, 0.1) is 0 Å². The van der Waals surface area contributed by atoms with E-state index in [-0.39, 0.29) is 29.3 Å². The van der Waals surface area contributed by atoms with E-state index < -0.39 is 15.9 Å². The van der Waals surface area contributed by atoms with Crippen molar-refractivity contribution in [3.63, 3.8) is 0 Å². The number of carbonyl (C=O) groups excluding carboxylic acids is 2. The number of sulfonamides is 1. The Hall–Kier alpha value is -1.54. The van der Waals surface area contributed by atoms with Crippen LogP contribution in [-0.2, 0) is 14.8 Å². The second-order valence-electron chi connectivity index (χ2n) is 6.96. The number of nitrogens with one attached hydrogen (secondary N) is 1. The van der Waals surface area contributed by atoms with E-state index in [1.165, 1.54) is 44.2 Å². The van der Waals surface area contributed by atoms with E-state index in [0.29, 0.717) is 13.0 Å². The van der Waals surface area contributed by atoms with Gasteiger partial charge in [0, 0.05) is 30.5 Å². The summed E-state index contributed by atoms with van der Waals surface area (Å²) in [7, 11) is -3.78. The largest absolute Gasteiger partial charge is 0.355 e. The van der Waals surface area contributed by atoms with Crippen LogP contribution in [0.4, 0.5) is 0 Å². The molecule has 0 aromatic heterocycles. The Bertz CT molecular complexity index is 789. The van der Waals surface area contributed by atoms with E-state index in [9.17, 15) is 18.0 Å². The highest BCUT2D eigenvalue weighted by molar-refractivity contribution is 7.99. The zero-order valence-electron chi connectivity index (χ0n) is 15.4. The monoisotopic (exact) mass is 410 g/mol. The van der Waals surface area contributed by atoms with Gasteiger partial charge >= 0.3 is 0 Å². The fraction of sp³-hybridized carbons (Fsp3) is 0.579. The van der Waals surface area contributed by atoms with Crippen LogP contribution in [0.3, 0.4) is 0 Å². The van der Waals surface area contributed by atoms with Crippen molar-refractivity contribution >= 4 is 33.6 Å². The molecule has 148 valence electrons. The molecule has 8 heteroatoms. The number of rotatable bonds is 8. The number of hydrogen-bond acceptors (Lipinski definition) is 5. The molecule has 2 aliphatic rings. The predicted octanol–water partition coefficient (Wildman–Crippen LogP) is 2.79. The summed E-state index contributed by atoms with van der Waals surface area (Å²) in [6, 6.07) is 6.21. The van der Waals surface area contributed by atoms with E-state index in [1.807, 2.05) is 11.8 Å². The first-order valence-electron chi connectivity index (χ1n) is 9.54. The van der Waals surface area contributed by atoms with Gasteiger partial charge in [0.05, 0.1) is 5.56 Å². The lowest BCUT2D eigenvalue weighted by Gasteiger charge is -2.20. The molecule has 1 fully saturated rings. The topological polar surface area (TPSA) is 83.6 Å². The average molecular weight is 411 g/mol. The van der Waals surface area contributed by atoms with Crippen LogP contribution in [-0.4, -0.2) is 48.6 Å².